The van der Waals surface area contributed by atoms with E-state index in [-0.39, 0.29) is 5.82 Å². The Morgan fingerprint density at radius 1 is 1.12 bits per heavy atom. The molecule has 0 bridgehead atoms. The molecule has 0 atom stereocenters. The van der Waals surface area contributed by atoms with Gasteiger partial charge in [-0.15, -0.1) is 0 Å². The van der Waals surface area contributed by atoms with Gasteiger partial charge in [0.25, 0.3) is 0 Å². The Balaban J connectivity index is 1.52. The number of halogens is 1. The summed E-state index contributed by atoms with van der Waals surface area (Å²) in [6.45, 7) is 2.32. The molecule has 0 unspecified atom stereocenters. The molecular formula is C18H16FN5. The van der Waals surface area contributed by atoms with Gasteiger partial charge >= 0.3 is 0 Å². The zero-order valence-electron chi connectivity index (χ0n) is 13.1. The molecule has 3 aromatic heterocycles. The average molecular weight is 321 g/mol. The molecule has 0 spiro atoms. The maximum atomic E-state index is 13.3. The maximum absolute atomic E-state index is 13.3. The van der Waals surface area contributed by atoms with E-state index in [1.807, 2.05) is 18.3 Å². The van der Waals surface area contributed by atoms with Crippen LogP contribution in [0.3, 0.4) is 0 Å². The Bertz CT molecular complexity index is 853. The molecule has 6 heteroatoms. The van der Waals surface area contributed by atoms with Crippen LogP contribution in [0.15, 0.2) is 49.2 Å². The molecule has 0 saturated heterocycles. The third kappa shape index (κ3) is 3.14. The van der Waals surface area contributed by atoms with Crippen LogP contribution in [-0.2, 0) is 19.5 Å². The highest BCUT2D eigenvalue weighted by atomic mass is 19.1. The standard InChI is InChI=1S/C18H16FN5/c19-16-6-13(7-21-10-16)11-24-5-3-17-15(12-24)9-22-18(23-17)14-2-1-4-20-8-14/h1-2,4,6-10H,3,5,11-12H2. The molecule has 120 valence electrons. The predicted molar refractivity (Wildman–Crippen MR) is 87.3 cm³/mol. The number of rotatable bonds is 3. The Hall–Kier alpha value is -2.73. The summed E-state index contributed by atoms with van der Waals surface area (Å²) in [5.41, 5.74) is 4.01. The van der Waals surface area contributed by atoms with Gasteiger partial charge in [0, 0.05) is 62.0 Å². The second-order valence-corrected chi connectivity index (χ2v) is 5.88. The zero-order valence-corrected chi connectivity index (χ0v) is 13.1. The molecule has 0 saturated carbocycles. The molecule has 0 fully saturated rings. The van der Waals surface area contributed by atoms with Gasteiger partial charge in [-0.1, -0.05) is 0 Å². The molecule has 0 N–H and O–H groups in total. The third-order valence-corrected chi connectivity index (χ3v) is 4.10. The van der Waals surface area contributed by atoms with Crippen molar-refractivity contribution in [2.75, 3.05) is 6.54 Å². The summed E-state index contributed by atoms with van der Waals surface area (Å²) in [7, 11) is 0. The molecule has 4 heterocycles. The van der Waals surface area contributed by atoms with Crippen LogP contribution in [0.4, 0.5) is 4.39 Å². The number of nitrogens with zero attached hydrogens (tertiary/aromatic N) is 5. The largest absolute Gasteiger partial charge is 0.294 e. The molecule has 5 nitrogen and oxygen atoms in total. The minimum atomic E-state index is -0.297. The summed E-state index contributed by atoms with van der Waals surface area (Å²) in [6, 6.07) is 5.37. The smallest absolute Gasteiger partial charge is 0.160 e. The van der Waals surface area contributed by atoms with Crippen molar-refractivity contribution < 1.29 is 4.39 Å². The quantitative estimate of drug-likeness (QED) is 0.742. The van der Waals surface area contributed by atoms with Gasteiger partial charge in [-0.05, 0) is 23.8 Å². The minimum absolute atomic E-state index is 0.297. The Labute approximate surface area is 139 Å². The van der Waals surface area contributed by atoms with Crippen molar-refractivity contribution in [1.82, 2.24) is 24.8 Å². The normalized spacial score (nSPS) is 14.4. The lowest BCUT2D eigenvalue weighted by Gasteiger charge is -2.28. The highest BCUT2D eigenvalue weighted by Crippen LogP contribution is 2.21. The van der Waals surface area contributed by atoms with E-state index in [4.69, 9.17) is 0 Å². The second-order valence-electron chi connectivity index (χ2n) is 5.88. The molecule has 0 aromatic carbocycles. The summed E-state index contributed by atoms with van der Waals surface area (Å²) in [6.07, 6.45) is 9.19. The summed E-state index contributed by atoms with van der Waals surface area (Å²) in [5, 5.41) is 0. The SMILES string of the molecule is Fc1cncc(CN2CCc3nc(-c4cccnc4)ncc3C2)c1. The van der Waals surface area contributed by atoms with Crippen molar-refractivity contribution in [2.24, 2.45) is 0 Å². The van der Waals surface area contributed by atoms with Crippen LogP contribution in [0, 0.1) is 5.82 Å². The topological polar surface area (TPSA) is 54.8 Å². The van der Waals surface area contributed by atoms with Gasteiger partial charge in [-0.25, -0.2) is 14.4 Å². The number of fused-ring (bicyclic) bond motifs is 1. The van der Waals surface area contributed by atoms with Gasteiger partial charge in [0.15, 0.2) is 5.82 Å². The first-order chi connectivity index (χ1) is 11.8. The van der Waals surface area contributed by atoms with Crippen molar-refractivity contribution in [1.29, 1.82) is 0 Å². The molecule has 1 aliphatic rings. The van der Waals surface area contributed by atoms with Crippen LogP contribution in [-0.4, -0.2) is 31.4 Å². The van der Waals surface area contributed by atoms with E-state index in [0.717, 1.165) is 41.9 Å². The lowest BCUT2D eigenvalue weighted by Crippen LogP contribution is -2.31. The van der Waals surface area contributed by atoms with Gasteiger partial charge in [-0.2, -0.15) is 0 Å². The van der Waals surface area contributed by atoms with E-state index in [1.165, 1.54) is 12.3 Å². The Morgan fingerprint density at radius 3 is 2.92 bits per heavy atom. The first kappa shape index (κ1) is 14.8. The maximum Gasteiger partial charge on any atom is 0.160 e. The van der Waals surface area contributed by atoms with E-state index < -0.39 is 0 Å². The van der Waals surface area contributed by atoms with Crippen LogP contribution in [0.1, 0.15) is 16.8 Å². The molecule has 0 amide bonds. The van der Waals surface area contributed by atoms with Crippen LogP contribution in [0.5, 0.6) is 0 Å². The highest BCUT2D eigenvalue weighted by molar-refractivity contribution is 5.53. The van der Waals surface area contributed by atoms with Crippen molar-refractivity contribution >= 4 is 0 Å². The molecule has 0 radical (unpaired) electrons. The fourth-order valence-electron chi connectivity index (χ4n) is 2.94. The van der Waals surface area contributed by atoms with E-state index in [9.17, 15) is 4.39 Å². The fraction of sp³-hybridized carbons (Fsp3) is 0.222. The van der Waals surface area contributed by atoms with Crippen LogP contribution in [0.25, 0.3) is 11.4 Å². The van der Waals surface area contributed by atoms with Gasteiger partial charge in [-0.3, -0.25) is 14.9 Å². The molecule has 1 aliphatic heterocycles. The van der Waals surface area contributed by atoms with Crippen LogP contribution >= 0.6 is 0 Å². The number of hydrogen-bond donors (Lipinski definition) is 0. The highest BCUT2D eigenvalue weighted by Gasteiger charge is 2.19. The van der Waals surface area contributed by atoms with Crippen molar-refractivity contribution in [3.05, 3.63) is 71.8 Å². The summed E-state index contributed by atoms with van der Waals surface area (Å²) >= 11 is 0. The first-order valence-electron chi connectivity index (χ1n) is 7.85. The first-order valence-corrected chi connectivity index (χ1v) is 7.85. The van der Waals surface area contributed by atoms with Crippen LogP contribution in [0.2, 0.25) is 0 Å². The van der Waals surface area contributed by atoms with Crippen molar-refractivity contribution in [3.8, 4) is 11.4 Å². The second kappa shape index (κ2) is 6.41. The Kier molecular flexibility index (Phi) is 3.96. The molecule has 0 aliphatic carbocycles. The average Bonchev–Trinajstić information content (AvgIpc) is 2.62. The van der Waals surface area contributed by atoms with E-state index in [2.05, 4.69) is 24.8 Å². The monoisotopic (exact) mass is 321 g/mol. The van der Waals surface area contributed by atoms with Crippen LogP contribution < -0.4 is 0 Å². The van der Waals surface area contributed by atoms with Gasteiger partial charge in [0.05, 0.1) is 11.9 Å². The van der Waals surface area contributed by atoms with Gasteiger partial charge < -0.3 is 0 Å². The fourth-order valence-corrected chi connectivity index (χ4v) is 2.94. The minimum Gasteiger partial charge on any atom is -0.294 e. The Morgan fingerprint density at radius 2 is 2.08 bits per heavy atom. The third-order valence-electron chi connectivity index (χ3n) is 4.10. The predicted octanol–water partition coefficient (Wildman–Crippen LogP) is 2.63. The summed E-state index contributed by atoms with van der Waals surface area (Å²) in [4.78, 5) is 19.4. The summed E-state index contributed by atoms with van der Waals surface area (Å²) in [5.74, 6) is 0.416. The van der Waals surface area contributed by atoms with E-state index in [1.54, 1.807) is 18.6 Å². The van der Waals surface area contributed by atoms with E-state index in [0.29, 0.717) is 12.4 Å². The van der Waals surface area contributed by atoms with E-state index >= 15 is 0 Å². The molecule has 4 rings (SSSR count). The lowest BCUT2D eigenvalue weighted by atomic mass is 10.1. The molecule has 24 heavy (non-hydrogen) atoms. The van der Waals surface area contributed by atoms with Gasteiger partial charge in [0.1, 0.15) is 5.82 Å². The lowest BCUT2D eigenvalue weighted by molar-refractivity contribution is 0.242. The summed E-state index contributed by atoms with van der Waals surface area (Å²) < 4.78 is 13.3. The zero-order chi connectivity index (χ0) is 16.4. The van der Waals surface area contributed by atoms with Crippen molar-refractivity contribution in [2.45, 2.75) is 19.5 Å². The molecular weight excluding hydrogens is 305 g/mol. The van der Waals surface area contributed by atoms with Crippen molar-refractivity contribution in [3.63, 3.8) is 0 Å². The number of aromatic nitrogens is 4. The number of pyridine rings is 2. The molecule has 3 aromatic rings. The van der Waals surface area contributed by atoms with Gasteiger partial charge in [0.2, 0.25) is 0 Å². The number of hydrogen-bond acceptors (Lipinski definition) is 5.